The van der Waals surface area contributed by atoms with Gasteiger partial charge in [0.1, 0.15) is 19.0 Å². The molecule has 1 amide bonds. The number of carbonyl (C=O) groups excluding carboxylic acids is 1. The summed E-state index contributed by atoms with van der Waals surface area (Å²) >= 11 is 0. The SMILES string of the molecule is COCCOCC(=O)NCc1cc(C#CCO)ccc1F. The zero-order valence-electron chi connectivity index (χ0n) is 11.8. The average Bonchev–Trinajstić information content (AvgIpc) is 2.49. The molecule has 1 aromatic rings. The minimum Gasteiger partial charge on any atom is -0.384 e. The molecular formula is C15H18FNO4. The van der Waals surface area contributed by atoms with Crippen LogP contribution in [0.1, 0.15) is 11.1 Å². The normalized spacial score (nSPS) is 9.86. The molecule has 1 aromatic carbocycles. The van der Waals surface area contributed by atoms with Crippen LogP contribution in [0.2, 0.25) is 0 Å². The Kier molecular flexibility index (Phi) is 8.05. The van der Waals surface area contributed by atoms with Gasteiger partial charge in [-0.1, -0.05) is 11.8 Å². The van der Waals surface area contributed by atoms with Crippen molar-refractivity contribution >= 4 is 5.91 Å². The van der Waals surface area contributed by atoms with Crippen molar-refractivity contribution in [2.45, 2.75) is 6.54 Å². The summed E-state index contributed by atoms with van der Waals surface area (Å²) in [6, 6.07) is 4.32. The number of rotatable bonds is 7. The molecule has 2 N–H and O–H groups in total. The fourth-order valence-corrected chi connectivity index (χ4v) is 1.48. The highest BCUT2D eigenvalue weighted by Crippen LogP contribution is 2.09. The van der Waals surface area contributed by atoms with Gasteiger partial charge >= 0.3 is 0 Å². The van der Waals surface area contributed by atoms with E-state index in [0.29, 0.717) is 24.3 Å². The van der Waals surface area contributed by atoms with E-state index in [-0.39, 0.29) is 25.7 Å². The highest BCUT2D eigenvalue weighted by Gasteiger charge is 2.06. The third-order valence-corrected chi connectivity index (χ3v) is 2.50. The molecule has 0 bridgehead atoms. The van der Waals surface area contributed by atoms with Crippen molar-refractivity contribution in [1.29, 1.82) is 0 Å². The predicted molar refractivity (Wildman–Crippen MR) is 74.9 cm³/mol. The van der Waals surface area contributed by atoms with E-state index in [1.165, 1.54) is 18.2 Å². The molecule has 0 aliphatic carbocycles. The Morgan fingerprint density at radius 2 is 2.24 bits per heavy atom. The van der Waals surface area contributed by atoms with Gasteiger partial charge in [-0.05, 0) is 18.2 Å². The Bertz CT molecular complexity index is 522. The van der Waals surface area contributed by atoms with E-state index in [2.05, 4.69) is 17.2 Å². The number of hydrogen-bond donors (Lipinski definition) is 2. The summed E-state index contributed by atoms with van der Waals surface area (Å²) in [7, 11) is 1.54. The Morgan fingerprint density at radius 3 is 2.95 bits per heavy atom. The van der Waals surface area contributed by atoms with E-state index in [0.717, 1.165) is 0 Å². The van der Waals surface area contributed by atoms with Gasteiger partial charge in [0, 0.05) is 24.8 Å². The predicted octanol–water partition coefficient (Wildman–Crippen LogP) is 0.449. The lowest BCUT2D eigenvalue weighted by Crippen LogP contribution is -2.28. The summed E-state index contributed by atoms with van der Waals surface area (Å²) in [6.07, 6.45) is 0. The van der Waals surface area contributed by atoms with Crippen LogP contribution in [-0.4, -0.2) is 44.6 Å². The number of aliphatic hydroxyl groups is 1. The average molecular weight is 295 g/mol. The third-order valence-electron chi connectivity index (χ3n) is 2.50. The van der Waals surface area contributed by atoms with Gasteiger partial charge in [-0.15, -0.1) is 0 Å². The first kappa shape index (κ1) is 17.1. The summed E-state index contributed by atoms with van der Waals surface area (Å²) < 4.78 is 23.4. The quantitative estimate of drug-likeness (QED) is 0.566. The molecule has 0 aromatic heterocycles. The lowest BCUT2D eigenvalue weighted by Gasteiger charge is -2.07. The maximum Gasteiger partial charge on any atom is 0.246 e. The molecular weight excluding hydrogens is 277 g/mol. The smallest absolute Gasteiger partial charge is 0.246 e. The van der Waals surface area contributed by atoms with Gasteiger partial charge in [-0.2, -0.15) is 0 Å². The van der Waals surface area contributed by atoms with Crippen molar-refractivity contribution < 1.29 is 23.8 Å². The van der Waals surface area contributed by atoms with Crippen LogP contribution in [-0.2, 0) is 20.8 Å². The van der Waals surface area contributed by atoms with Gasteiger partial charge in [-0.25, -0.2) is 4.39 Å². The van der Waals surface area contributed by atoms with Crippen molar-refractivity contribution in [3.8, 4) is 11.8 Å². The summed E-state index contributed by atoms with van der Waals surface area (Å²) in [5, 5.41) is 11.2. The maximum absolute atomic E-state index is 13.6. The number of halogens is 1. The third kappa shape index (κ3) is 6.86. The molecule has 0 aliphatic heterocycles. The minimum atomic E-state index is -0.426. The van der Waals surface area contributed by atoms with Gasteiger partial charge in [-0.3, -0.25) is 4.79 Å². The second kappa shape index (κ2) is 9.88. The van der Waals surface area contributed by atoms with Crippen LogP contribution < -0.4 is 5.32 Å². The molecule has 0 unspecified atom stereocenters. The van der Waals surface area contributed by atoms with Crippen molar-refractivity contribution in [3.05, 3.63) is 35.1 Å². The molecule has 0 atom stereocenters. The number of ether oxygens (including phenoxy) is 2. The molecule has 0 saturated heterocycles. The lowest BCUT2D eigenvalue weighted by molar-refractivity contribution is -0.126. The first-order chi connectivity index (χ1) is 10.2. The standard InChI is InChI=1S/C15H18FNO4/c1-20-7-8-21-11-15(19)17-10-13-9-12(3-2-6-18)4-5-14(13)16/h4-5,9,18H,6-8,10-11H2,1H3,(H,17,19). The van der Waals surface area contributed by atoms with Crippen LogP contribution in [0.5, 0.6) is 0 Å². The fourth-order valence-electron chi connectivity index (χ4n) is 1.48. The topological polar surface area (TPSA) is 67.8 Å². The molecule has 0 saturated carbocycles. The Hall–Kier alpha value is -1.94. The lowest BCUT2D eigenvalue weighted by atomic mass is 10.1. The minimum absolute atomic E-state index is 0.0486. The van der Waals surface area contributed by atoms with Gasteiger partial charge in [0.05, 0.1) is 13.2 Å². The van der Waals surface area contributed by atoms with Gasteiger partial charge < -0.3 is 19.9 Å². The number of methoxy groups -OCH3 is 1. The molecule has 0 spiro atoms. The van der Waals surface area contributed by atoms with Crippen LogP contribution in [0.3, 0.4) is 0 Å². The molecule has 0 radical (unpaired) electrons. The van der Waals surface area contributed by atoms with E-state index < -0.39 is 5.82 Å². The van der Waals surface area contributed by atoms with Crippen molar-refractivity contribution in [2.24, 2.45) is 0 Å². The van der Waals surface area contributed by atoms with Crippen molar-refractivity contribution in [1.82, 2.24) is 5.32 Å². The number of aliphatic hydroxyl groups excluding tert-OH is 1. The Balaban J connectivity index is 2.48. The summed E-state index contributed by atoms with van der Waals surface area (Å²) in [4.78, 5) is 11.5. The molecule has 5 nitrogen and oxygen atoms in total. The van der Waals surface area contributed by atoms with E-state index in [9.17, 15) is 9.18 Å². The van der Waals surface area contributed by atoms with E-state index in [1.54, 1.807) is 7.11 Å². The molecule has 0 fully saturated rings. The number of amides is 1. The molecule has 0 heterocycles. The first-order valence-electron chi connectivity index (χ1n) is 6.39. The molecule has 114 valence electrons. The van der Waals surface area contributed by atoms with Gasteiger partial charge in [0.25, 0.3) is 0 Å². The van der Waals surface area contributed by atoms with Crippen molar-refractivity contribution in [2.75, 3.05) is 33.5 Å². The summed E-state index contributed by atoms with van der Waals surface area (Å²) in [5.41, 5.74) is 0.899. The van der Waals surface area contributed by atoms with Crippen molar-refractivity contribution in [3.63, 3.8) is 0 Å². The Labute approximate surface area is 123 Å². The number of hydrogen-bond acceptors (Lipinski definition) is 4. The van der Waals surface area contributed by atoms with E-state index >= 15 is 0 Å². The number of nitrogens with one attached hydrogen (secondary N) is 1. The molecule has 0 aliphatic rings. The molecule has 6 heteroatoms. The second-order valence-corrected chi connectivity index (χ2v) is 4.09. The van der Waals surface area contributed by atoms with Crippen LogP contribution in [0.15, 0.2) is 18.2 Å². The summed E-state index contributed by atoms with van der Waals surface area (Å²) in [5.74, 6) is 4.40. The molecule has 1 rings (SSSR count). The monoisotopic (exact) mass is 295 g/mol. The fraction of sp³-hybridized carbons (Fsp3) is 0.400. The second-order valence-electron chi connectivity index (χ2n) is 4.09. The van der Waals surface area contributed by atoms with Crippen LogP contribution >= 0.6 is 0 Å². The zero-order chi connectivity index (χ0) is 15.5. The molecule has 21 heavy (non-hydrogen) atoms. The summed E-state index contributed by atoms with van der Waals surface area (Å²) in [6.45, 7) is 0.419. The number of carbonyl (C=O) groups is 1. The Morgan fingerprint density at radius 1 is 1.43 bits per heavy atom. The van der Waals surface area contributed by atoms with E-state index in [4.69, 9.17) is 14.6 Å². The van der Waals surface area contributed by atoms with Gasteiger partial charge in [0.2, 0.25) is 5.91 Å². The first-order valence-corrected chi connectivity index (χ1v) is 6.39. The zero-order valence-corrected chi connectivity index (χ0v) is 11.8. The largest absolute Gasteiger partial charge is 0.384 e. The van der Waals surface area contributed by atoms with Gasteiger partial charge in [0.15, 0.2) is 0 Å². The highest BCUT2D eigenvalue weighted by molar-refractivity contribution is 5.77. The highest BCUT2D eigenvalue weighted by atomic mass is 19.1. The number of benzene rings is 1. The maximum atomic E-state index is 13.6. The van der Waals surface area contributed by atoms with E-state index in [1.807, 2.05) is 0 Å². The van der Waals surface area contributed by atoms with Crippen LogP contribution in [0.4, 0.5) is 4.39 Å². The van der Waals surface area contributed by atoms with Crippen LogP contribution in [0, 0.1) is 17.7 Å². The van der Waals surface area contributed by atoms with Crippen LogP contribution in [0.25, 0.3) is 0 Å².